The minimum atomic E-state index is 0.702. The van der Waals surface area contributed by atoms with Gasteiger partial charge in [0, 0.05) is 8.45 Å². The van der Waals surface area contributed by atoms with E-state index in [0.29, 0.717) is 13.2 Å². The van der Waals surface area contributed by atoms with Crippen LogP contribution in [0.5, 0.6) is 10.1 Å². The van der Waals surface area contributed by atoms with E-state index < -0.39 is 0 Å². The van der Waals surface area contributed by atoms with Crippen LogP contribution < -0.4 is 9.47 Å². The van der Waals surface area contributed by atoms with Gasteiger partial charge in [0.2, 0.25) is 0 Å². The summed E-state index contributed by atoms with van der Waals surface area (Å²) < 4.78 is 15.2. The predicted octanol–water partition coefficient (Wildman–Crippen LogP) is 10.5. The summed E-state index contributed by atoms with van der Waals surface area (Å²) in [6, 6.07) is 24.6. The number of thiophene rings is 2. The van der Waals surface area contributed by atoms with Gasteiger partial charge < -0.3 is 9.47 Å². The Morgan fingerprint density at radius 1 is 0.719 bits per heavy atom. The zero-order valence-corrected chi connectivity index (χ0v) is 26.0. The molecule has 0 atom stereocenters. The fraction of sp³-hybridized carbons (Fsp3) is 0.167. The molecule has 2 aromatic heterocycles. The fourth-order valence-corrected chi connectivity index (χ4v) is 6.81. The first-order chi connectivity index (χ1) is 15.4. The van der Waals surface area contributed by atoms with E-state index >= 15 is 0 Å². The molecule has 0 radical (unpaired) electrons. The molecule has 0 aliphatic rings. The van der Waals surface area contributed by atoms with Crippen LogP contribution in [0.3, 0.4) is 0 Å². The molecule has 0 amide bonds. The first kappa shape index (κ1) is 27.9. The highest BCUT2D eigenvalue weighted by atomic mass is 127. The van der Waals surface area contributed by atoms with Crippen LogP contribution in [-0.2, 0) is 0 Å². The second-order valence-electron chi connectivity index (χ2n) is 5.96. The molecule has 0 aliphatic carbocycles. The third-order valence-electron chi connectivity index (χ3n) is 3.62. The Bertz CT molecular complexity index is 1050. The number of hydrogen-bond donors (Lipinski definition) is 0. The summed E-state index contributed by atoms with van der Waals surface area (Å²) in [5.41, 5.74) is 1.23. The van der Waals surface area contributed by atoms with Gasteiger partial charge in [0.1, 0.15) is 0 Å². The fourth-order valence-electron chi connectivity index (χ4n) is 2.30. The summed E-state index contributed by atoms with van der Waals surface area (Å²) in [7, 11) is 0. The van der Waals surface area contributed by atoms with Gasteiger partial charge in [-0.25, -0.2) is 0 Å². The van der Waals surface area contributed by atoms with Crippen LogP contribution in [0.2, 0.25) is 0 Å². The summed E-state index contributed by atoms with van der Waals surface area (Å²) >= 11 is 15.8. The molecule has 0 N–H and O–H groups in total. The molecule has 32 heavy (non-hydrogen) atoms. The largest absolute Gasteiger partial charge is 0.483 e. The molecule has 0 spiro atoms. The van der Waals surface area contributed by atoms with Gasteiger partial charge in [-0.1, -0.05) is 71.2 Å². The van der Waals surface area contributed by atoms with Crippen molar-refractivity contribution >= 4 is 93.1 Å². The van der Waals surface area contributed by atoms with Crippen molar-refractivity contribution in [3.63, 3.8) is 0 Å². The van der Waals surface area contributed by atoms with Crippen molar-refractivity contribution in [2.24, 2.45) is 0 Å². The lowest BCUT2D eigenvalue weighted by Gasteiger charge is -1.97. The molecule has 8 heteroatoms. The number of halogens is 4. The zero-order valence-electron chi connectivity index (χ0n) is 17.5. The van der Waals surface area contributed by atoms with Crippen LogP contribution in [0.4, 0.5) is 0 Å². The molecule has 4 rings (SSSR count). The number of hydrogen-bond acceptors (Lipinski definition) is 4. The smallest absolute Gasteiger partial charge is 0.189 e. The van der Waals surface area contributed by atoms with Gasteiger partial charge in [-0.05, 0) is 114 Å². The van der Waals surface area contributed by atoms with Crippen LogP contribution in [0, 0.1) is 3.57 Å². The Hall–Kier alpha value is -0.390. The highest BCUT2D eigenvalue weighted by Crippen LogP contribution is 2.40. The molecule has 0 saturated carbocycles. The molecular formula is C24H22Br3IO2S2. The Morgan fingerprint density at radius 2 is 1.22 bits per heavy atom. The van der Waals surface area contributed by atoms with Crippen molar-refractivity contribution in [2.75, 3.05) is 13.2 Å². The summed E-state index contributed by atoms with van der Waals surface area (Å²) in [6.07, 6.45) is 0. The number of rotatable bonds is 5. The summed E-state index contributed by atoms with van der Waals surface area (Å²) in [4.78, 5) is 1.23. The van der Waals surface area contributed by atoms with E-state index in [9.17, 15) is 0 Å². The van der Waals surface area contributed by atoms with E-state index in [1.165, 1.54) is 14.0 Å². The molecular weight excluding hydrogens is 751 g/mol. The second-order valence-corrected chi connectivity index (χ2v) is 12.3. The third kappa shape index (κ3) is 9.85. The van der Waals surface area contributed by atoms with Crippen molar-refractivity contribution < 1.29 is 9.47 Å². The Balaban J connectivity index is 0.000000184. The van der Waals surface area contributed by atoms with Gasteiger partial charge in [-0.2, -0.15) is 0 Å². The maximum atomic E-state index is 5.51. The van der Waals surface area contributed by atoms with Crippen molar-refractivity contribution in [3.8, 4) is 20.6 Å². The second kappa shape index (κ2) is 15.5. The first-order valence-corrected chi connectivity index (χ1v) is 14.8. The van der Waals surface area contributed by atoms with E-state index in [1.54, 1.807) is 22.7 Å². The third-order valence-corrected chi connectivity index (χ3v) is 8.69. The number of ether oxygens (including phenoxy) is 2. The van der Waals surface area contributed by atoms with E-state index in [4.69, 9.17) is 9.47 Å². The average molecular weight is 773 g/mol. The van der Waals surface area contributed by atoms with E-state index in [2.05, 4.69) is 101 Å². The molecule has 0 aliphatic heterocycles. The van der Waals surface area contributed by atoms with E-state index in [-0.39, 0.29) is 0 Å². The normalized spacial score (nSPS) is 9.81. The quantitative estimate of drug-likeness (QED) is 0.188. The summed E-state index contributed by atoms with van der Waals surface area (Å²) in [6.45, 7) is 5.38. The monoisotopic (exact) mass is 770 g/mol. The van der Waals surface area contributed by atoms with Gasteiger partial charge >= 0.3 is 0 Å². The van der Waals surface area contributed by atoms with Crippen LogP contribution in [-0.4, -0.2) is 13.2 Å². The van der Waals surface area contributed by atoms with Crippen LogP contribution >= 0.6 is 93.1 Å². The maximum Gasteiger partial charge on any atom is 0.189 e. The molecule has 0 unspecified atom stereocenters. The average Bonchev–Trinajstić information content (AvgIpc) is 3.32. The standard InChI is InChI=1S/C12H11BrOS.C6H6Br2OS.C6H5I/c1-2-14-12-10(13)8-11(15-12)9-6-4-3-5-7-9;1-2-9-6-4(7)3-5(8)10-6;7-6-4-2-1-3-5-6/h3-8H,2H2,1H3;3H,2H2,1H3;1-5H. The maximum absolute atomic E-state index is 5.51. The zero-order chi connectivity index (χ0) is 23.3. The van der Waals surface area contributed by atoms with E-state index in [1.807, 2.05) is 56.3 Å². The predicted molar refractivity (Wildman–Crippen MR) is 159 cm³/mol. The topological polar surface area (TPSA) is 18.5 Å². The lowest BCUT2D eigenvalue weighted by Crippen LogP contribution is -1.87. The van der Waals surface area contributed by atoms with Gasteiger partial charge in [-0.3, -0.25) is 0 Å². The van der Waals surface area contributed by atoms with Gasteiger partial charge in [0.05, 0.1) is 25.9 Å². The van der Waals surface area contributed by atoms with Gasteiger partial charge in [0.15, 0.2) is 10.1 Å². The van der Waals surface area contributed by atoms with Crippen molar-refractivity contribution in [1.29, 1.82) is 0 Å². The highest BCUT2D eigenvalue weighted by molar-refractivity contribution is 14.1. The Morgan fingerprint density at radius 3 is 1.66 bits per heavy atom. The van der Waals surface area contributed by atoms with Crippen LogP contribution in [0.15, 0.2) is 85.5 Å². The molecule has 2 nitrogen and oxygen atoms in total. The molecule has 0 bridgehead atoms. The summed E-state index contributed by atoms with van der Waals surface area (Å²) in [5, 5.41) is 1.89. The number of benzene rings is 2. The molecule has 0 fully saturated rings. The van der Waals surface area contributed by atoms with Crippen molar-refractivity contribution in [1.82, 2.24) is 0 Å². The Kier molecular flexibility index (Phi) is 13.5. The first-order valence-electron chi connectivity index (χ1n) is 9.70. The Labute approximate surface area is 236 Å². The molecule has 2 heterocycles. The van der Waals surface area contributed by atoms with Crippen molar-refractivity contribution in [2.45, 2.75) is 13.8 Å². The van der Waals surface area contributed by atoms with Gasteiger partial charge in [0.25, 0.3) is 0 Å². The molecule has 0 saturated heterocycles. The molecule has 2 aromatic carbocycles. The van der Waals surface area contributed by atoms with Crippen LogP contribution in [0.1, 0.15) is 13.8 Å². The molecule has 170 valence electrons. The SMILES string of the molecule is CCOc1sc(-c2ccccc2)cc1Br.CCOc1sc(Br)cc1Br.Ic1ccccc1. The summed E-state index contributed by atoms with van der Waals surface area (Å²) in [5.74, 6) is 0. The van der Waals surface area contributed by atoms with Crippen molar-refractivity contribution in [3.05, 3.63) is 89.1 Å². The van der Waals surface area contributed by atoms with E-state index in [0.717, 1.165) is 22.9 Å². The lowest BCUT2D eigenvalue weighted by atomic mass is 10.2. The minimum Gasteiger partial charge on any atom is -0.483 e. The molecule has 4 aromatic rings. The minimum absolute atomic E-state index is 0.702. The highest BCUT2D eigenvalue weighted by Gasteiger charge is 2.08. The van der Waals surface area contributed by atoms with Crippen LogP contribution in [0.25, 0.3) is 10.4 Å². The lowest BCUT2D eigenvalue weighted by molar-refractivity contribution is 0.348. The van der Waals surface area contributed by atoms with Gasteiger partial charge in [-0.15, -0.1) is 0 Å².